The van der Waals surface area contributed by atoms with Crippen LogP contribution < -0.4 is 4.74 Å². The Morgan fingerprint density at radius 3 is 2.81 bits per heavy atom. The Kier molecular flexibility index (Phi) is 5.87. The lowest BCUT2D eigenvalue weighted by atomic mass is 10.2. The van der Waals surface area contributed by atoms with Gasteiger partial charge in [-0.05, 0) is 43.0 Å². The molecule has 7 heteroatoms. The van der Waals surface area contributed by atoms with E-state index in [0.717, 1.165) is 22.4 Å². The van der Waals surface area contributed by atoms with Crippen LogP contribution in [0.25, 0.3) is 0 Å². The first-order valence-electron chi connectivity index (χ1n) is 8.54. The molecular weight excluding hydrogens is 382 g/mol. The summed E-state index contributed by atoms with van der Waals surface area (Å²) in [6, 6.07) is 7.55. The number of amides is 1. The molecule has 3 aromatic rings. The maximum Gasteiger partial charge on any atom is 0.263 e. The molecule has 0 unspecified atom stereocenters. The van der Waals surface area contributed by atoms with Crippen molar-refractivity contribution in [2.24, 2.45) is 7.05 Å². The summed E-state index contributed by atoms with van der Waals surface area (Å²) in [5.41, 5.74) is 4.14. The van der Waals surface area contributed by atoms with E-state index in [1.807, 2.05) is 55.2 Å². The van der Waals surface area contributed by atoms with Gasteiger partial charge in [0.05, 0.1) is 16.1 Å². The maximum atomic E-state index is 12.7. The number of halogens is 1. The molecule has 3 rings (SSSR count). The fourth-order valence-corrected chi connectivity index (χ4v) is 3.72. The highest BCUT2D eigenvalue weighted by Gasteiger charge is 2.17. The minimum absolute atomic E-state index is 0.0110. The molecule has 0 saturated heterocycles. The van der Waals surface area contributed by atoms with Crippen LogP contribution in [0.5, 0.6) is 5.75 Å². The minimum atomic E-state index is -0.0110. The Balaban J connectivity index is 1.63. The summed E-state index contributed by atoms with van der Waals surface area (Å²) in [6.45, 7) is 4.89. The summed E-state index contributed by atoms with van der Waals surface area (Å²) < 4.78 is 7.62. The topological polar surface area (TPSA) is 47.4 Å². The van der Waals surface area contributed by atoms with Crippen LogP contribution in [0.2, 0.25) is 5.02 Å². The predicted molar refractivity (Wildman–Crippen MR) is 109 cm³/mol. The summed E-state index contributed by atoms with van der Waals surface area (Å²) in [6.07, 6.45) is 1.80. The van der Waals surface area contributed by atoms with Crippen LogP contribution in [-0.2, 0) is 20.2 Å². The normalized spacial score (nSPS) is 10.9. The molecule has 0 saturated carbocycles. The predicted octanol–water partition coefficient (Wildman–Crippen LogP) is 4.60. The number of nitrogens with zero attached hydrogens (tertiary/aromatic N) is 3. The van der Waals surface area contributed by atoms with Crippen LogP contribution >= 0.6 is 22.9 Å². The highest BCUT2D eigenvalue weighted by Crippen LogP contribution is 2.27. The molecule has 27 heavy (non-hydrogen) atoms. The lowest BCUT2D eigenvalue weighted by Gasteiger charge is -2.15. The maximum absolute atomic E-state index is 12.7. The molecule has 0 radical (unpaired) electrons. The van der Waals surface area contributed by atoms with Gasteiger partial charge in [0.1, 0.15) is 12.4 Å². The molecule has 0 bridgehead atoms. The molecule has 0 atom stereocenters. The highest BCUT2D eigenvalue weighted by molar-refractivity contribution is 7.12. The molecule has 0 fully saturated rings. The van der Waals surface area contributed by atoms with Gasteiger partial charge in [0.25, 0.3) is 5.91 Å². The van der Waals surface area contributed by atoms with Gasteiger partial charge in [-0.3, -0.25) is 9.48 Å². The molecule has 0 N–H and O–H groups in total. The monoisotopic (exact) mass is 403 g/mol. The van der Waals surface area contributed by atoms with E-state index in [0.29, 0.717) is 28.8 Å². The van der Waals surface area contributed by atoms with E-state index in [9.17, 15) is 4.79 Å². The van der Waals surface area contributed by atoms with E-state index in [1.165, 1.54) is 11.3 Å². The summed E-state index contributed by atoms with van der Waals surface area (Å²) in [4.78, 5) is 15.1. The van der Waals surface area contributed by atoms with Crippen molar-refractivity contribution in [3.8, 4) is 5.75 Å². The first kappa shape index (κ1) is 19.5. The average Bonchev–Trinajstić information content (AvgIpc) is 3.24. The first-order valence-corrected chi connectivity index (χ1v) is 9.80. The van der Waals surface area contributed by atoms with E-state index in [-0.39, 0.29) is 5.91 Å². The molecule has 2 heterocycles. The Morgan fingerprint density at radius 1 is 1.33 bits per heavy atom. The van der Waals surface area contributed by atoms with Crippen molar-refractivity contribution in [3.05, 3.63) is 68.1 Å². The zero-order valence-electron chi connectivity index (χ0n) is 15.8. The quantitative estimate of drug-likeness (QED) is 0.604. The molecule has 0 aliphatic rings. The lowest BCUT2D eigenvalue weighted by molar-refractivity contribution is 0.0789. The lowest BCUT2D eigenvalue weighted by Crippen LogP contribution is -2.25. The highest BCUT2D eigenvalue weighted by atomic mass is 35.5. The van der Waals surface area contributed by atoms with Gasteiger partial charge < -0.3 is 9.64 Å². The molecule has 0 aliphatic carbocycles. The fourth-order valence-electron chi connectivity index (χ4n) is 2.66. The Morgan fingerprint density at radius 2 is 2.11 bits per heavy atom. The van der Waals surface area contributed by atoms with Crippen molar-refractivity contribution in [1.29, 1.82) is 0 Å². The van der Waals surface area contributed by atoms with Crippen molar-refractivity contribution < 1.29 is 9.53 Å². The Bertz CT molecular complexity index is 964. The summed E-state index contributed by atoms with van der Waals surface area (Å²) in [7, 11) is 3.70. The number of hydrogen-bond donors (Lipinski definition) is 0. The number of ether oxygens (including phenoxy) is 1. The molecule has 1 aromatic carbocycles. The van der Waals surface area contributed by atoms with Crippen molar-refractivity contribution in [3.63, 3.8) is 0 Å². The largest absolute Gasteiger partial charge is 0.487 e. The van der Waals surface area contributed by atoms with Gasteiger partial charge in [-0.25, -0.2) is 0 Å². The number of carbonyl (C=O) groups is 1. The second-order valence-electron chi connectivity index (χ2n) is 6.58. The van der Waals surface area contributed by atoms with E-state index in [4.69, 9.17) is 16.3 Å². The second kappa shape index (κ2) is 8.15. The number of benzene rings is 1. The molecule has 142 valence electrons. The van der Waals surface area contributed by atoms with Gasteiger partial charge in [0.2, 0.25) is 0 Å². The first-order chi connectivity index (χ1) is 12.8. The number of rotatable bonds is 6. The van der Waals surface area contributed by atoms with Crippen LogP contribution in [0.15, 0.2) is 35.8 Å². The third-order valence-electron chi connectivity index (χ3n) is 4.44. The smallest absolute Gasteiger partial charge is 0.263 e. The van der Waals surface area contributed by atoms with Crippen LogP contribution in [-0.4, -0.2) is 27.6 Å². The SMILES string of the molecule is Cc1ccc(Cl)c(OCc2csc(C(=O)N(C)Cc3cnn(C)c3C)c2)c1. The van der Waals surface area contributed by atoms with Crippen molar-refractivity contribution in [2.75, 3.05) is 7.05 Å². The molecular formula is C20H22ClN3O2S. The van der Waals surface area contributed by atoms with E-state index >= 15 is 0 Å². The van der Waals surface area contributed by atoms with Crippen molar-refractivity contribution in [1.82, 2.24) is 14.7 Å². The summed E-state index contributed by atoms with van der Waals surface area (Å²) in [5.74, 6) is 0.642. The number of thiophene rings is 1. The Labute approximate surface area is 168 Å². The van der Waals surface area contributed by atoms with Crippen molar-refractivity contribution in [2.45, 2.75) is 27.0 Å². The molecule has 1 amide bonds. The molecule has 5 nitrogen and oxygen atoms in total. The third kappa shape index (κ3) is 4.51. The Hall–Kier alpha value is -2.31. The van der Waals surface area contributed by atoms with Gasteiger partial charge in [-0.2, -0.15) is 5.10 Å². The van der Waals surface area contributed by atoms with E-state index < -0.39 is 0 Å². The summed E-state index contributed by atoms with van der Waals surface area (Å²) >= 11 is 7.58. The van der Waals surface area contributed by atoms with Gasteiger partial charge in [0, 0.05) is 37.5 Å². The number of carbonyl (C=O) groups excluding carboxylic acids is 1. The van der Waals surface area contributed by atoms with Crippen molar-refractivity contribution >= 4 is 28.8 Å². The fraction of sp³-hybridized carbons (Fsp3) is 0.300. The molecule has 2 aromatic heterocycles. The molecule has 0 spiro atoms. The van der Waals surface area contributed by atoms with Gasteiger partial charge >= 0.3 is 0 Å². The third-order valence-corrected chi connectivity index (χ3v) is 5.72. The number of aromatic nitrogens is 2. The number of hydrogen-bond acceptors (Lipinski definition) is 4. The van der Waals surface area contributed by atoms with Crippen LogP contribution in [0.1, 0.15) is 32.1 Å². The van der Waals surface area contributed by atoms with Crippen LogP contribution in [0.4, 0.5) is 0 Å². The minimum Gasteiger partial charge on any atom is -0.487 e. The van der Waals surface area contributed by atoms with Crippen LogP contribution in [0.3, 0.4) is 0 Å². The average molecular weight is 404 g/mol. The summed E-state index contributed by atoms with van der Waals surface area (Å²) in [5, 5.41) is 6.75. The van der Waals surface area contributed by atoms with Crippen LogP contribution in [0, 0.1) is 13.8 Å². The molecule has 0 aliphatic heterocycles. The van der Waals surface area contributed by atoms with Gasteiger partial charge in [-0.1, -0.05) is 17.7 Å². The second-order valence-corrected chi connectivity index (χ2v) is 7.90. The number of aryl methyl sites for hydroxylation is 2. The van der Waals surface area contributed by atoms with Gasteiger partial charge in [0.15, 0.2) is 0 Å². The zero-order valence-corrected chi connectivity index (χ0v) is 17.4. The zero-order chi connectivity index (χ0) is 19.6. The van der Waals surface area contributed by atoms with E-state index in [1.54, 1.807) is 18.1 Å². The standard InChI is InChI=1S/C20H22ClN3O2S/c1-13-5-6-17(21)18(7-13)26-11-15-8-19(27-12-15)20(25)23(3)10-16-9-22-24(4)14(16)2/h5-9,12H,10-11H2,1-4H3. The van der Waals surface area contributed by atoms with E-state index in [2.05, 4.69) is 5.10 Å². The van der Waals surface area contributed by atoms with Gasteiger partial charge in [-0.15, -0.1) is 11.3 Å².